The third kappa shape index (κ3) is 6.72. The Kier molecular flexibility index (Phi) is 9.34. The highest BCUT2D eigenvalue weighted by atomic mass is 16.5. The lowest BCUT2D eigenvalue weighted by atomic mass is 9.76. The first-order valence-corrected chi connectivity index (χ1v) is 22.3. The summed E-state index contributed by atoms with van der Waals surface area (Å²) in [5, 5.41) is 111. The average Bonchev–Trinajstić information content (AvgIpc) is 3.99. The van der Waals surface area contributed by atoms with E-state index in [1.165, 1.54) is 54.6 Å². The van der Waals surface area contributed by atoms with Crippen LogP contribution in [0.5, 0.6) is 69.0 Å². The van der Waals surface area contributed by atoms with E-state index in [4.69, 9.17) is 14.2 Å². The molecule has 0 spiro atoms. The number of phenolic OH excluding ortho intramolecular Hbond substituents is 9. The van der Waals surface area contributed by atoms with Crippen molar-refractivity contribution >= 4 is 0 Å². The summed E-state index contributed by atoms with van der Waals surface area (Å²) in [4.78, 5) is 0. The minimum Gasteiger partial charge on any atom is -0.508 e. The molecule has 3 aliphatic heterocycles. The maximum Gasteiger partial charge on any atom is 0.135 e. The van der Waals surface area contributed by atoms with E-state index in [1.807, 2.05) is 18.2 Å². The van der Waals surface area contributed by atoms with E-state index < -0.39 is 48.1 Å². The van der Waals surface area contributed by atoms with Gasteiger partial charge in [-0.05, 0) is 123 Å². The Morgan fingerprint density at radius 3 is 1.29 bits per heavy atom. The van der Waals surface area contributed by atoms with Gasteiger partial charge in [0.2, 0.25) is 0 Å². The fraction of sp³-hybridized carbons (Fsp3) is 0.143. The Bertz CT molecular complexity index is 3350. The van der Waals surface area contributed by atoms with Crippen molar-refractivity contribution in [3.05, 3.63) is 212 Å². The maximum absolute atomic E-state index is 12.4. The maximum atomic E-state index is 12.4. The van der Waals surface area contributed by atoms with Gasteiger partial charge in [0.15, 0.2) is 0 Å². The van der Waals surface area contributed by atoms with Crippen molar-refractivity contribution in [2.75, 3.05) is 0 Å². The van der Waals surface area contributed by atoms with Gasteiger partial charge in [-0.15, -0.1) is 0 Å². The van der Waals surface area contributed by atoms with Crippen LogP contribution in [-0.2, 0) is 0 Å². The van der Waals surface area contributed by atoms with E-state index >= 15 is 0 Å². The third-order valence-corrected chi connectivity index (χ3v) is 14.1. The van der Waals surface area contributed by atoms with Crippen LogP contribution in [0, 0.1) is 0 Å². The Morgan fingerprint density at radius 2 is 0.710 bits per heavy atom. The van der Waals surface area contributed by atoms with E-state index in [-0.39, 0.29) is 57.5 Å². The summed E-state index contributed by atoms with van der Waals surface area (Å²) in [5.74, 6) is -3.00. The summed E-state index contributed by atoms with van der Waals surface area (Å²) in [6, 6.07) is 38.2. The zero-order chi connectivity index (χ0) is 47.6. The lowest BCUT2D eigenvalue weighted by Gasteiger charge is -2.27. The van der Waals surface area contributed by atoms with Crippen molar-refractivity contribution in [1.82, 2.24) is 0 Å². The molecule has 1 aliphatic carbocycles. The van der Waals surface area contributed by atoms with Gasteiger partial charge in [0.25, 0.3) is 0 Å². The van der Waals surface area contributed by atoms with Crippen LogP contribution in [0.1, 0.15) is 115 Å². The smallest absolute Gasteiger partial charge is 0.135 e. The van der Waals surface area contributed by atoms with Gasteiger partial charge in [-0.1, -0.05) is 42.5 Å². The number of aromatic hydroxyl groups is 9. The summed E-state index contributed by atoms with van der Waals surface area (Å²) in [6.07, 6.45) is -3.73. The number of aliphatic hydroxyl groups excluding tert-OH is 1. The molecular weight excluding hydrogens is 881 g/mol. The molecule has 0 radical (unpaired) electrons. The summed E-state index contributed by atoms with van der Waals surface area (Å²) >= 11 is 0. The molecule has 12 rings (SSSR count). The minimum absolute atomic E-state index is 0.00545. The molecule has 13 heteroatoms. The van der Waals surface area contributed by atoms with Gasteiger partial charge >= 0.3 is 0 Å². The Labute approximate surface area is 393 Å². The molecule has 0 saturated heterocycles. The Morgan fingerprint density at radius 1 is 0.275 bits per heavy atom. The number of rotatable bonds is 6. The van der Waals surface area contributed by atoms with Crippen LogP contribution in [0.25, 0.3) is 0 Å². The predicted molar refractivity (Wildman–Crippen MR) is 249 cm³/mol. The van der Waals surface area contributed by atoms with E-state index in [9.17, 15) is 51.1 Å². The molecule has 0 saturated carbocycles. The molecule has 8 atom stereocenters. The first-order chi connectivity index (χ1) is 33.3. The topological polar surface area (TPSA) is 230 Å². The first-order valence-electron chi connectivity index (χ1n) is 22.3. The van der Waals surface area contributed by atoms with Gasteiger partial charge in [0.1, 0.15) is 87.3 Å². The standard InChI is InChI=1S/C56H42O13/c57-30-8-1-25(2-9-30)46-49-40(19-35(62)22-42(49)65)52-51-41(53(46)66)21-37(64)24-45(51)69-56(52)28-7-14-43-38(17-28)48(55(67-43)27-5-12-32(59)13-6-27)39-20-36(63)23-44-50(39)47(29-15-33(60)18-34(61)16-29)54(68-44)26-3-10-31(58)11-4-26/h1-24,46-48,52-66H/t46-,47-,48+,52+,53+,54+,55+,56+/m1/s1. The molecule has 69 heavy (non-hydrogen) atoms. The van der Waals surface area contributed by atoms with Gasteiger partial charge in [-0.3, -0.25) is 0 Å². The Hall–Kier alpha value is -8.68. The molecule has 0 bridgehead atoms. The summed E-state index contributed by atoms with van der Waals surface area (Å²) in [7, 11) is 0. The van der Waals surface area contributed by atoms with Crippen molar-refractivity contribution in [3.8, 4) is 69.0 Å². The number of aliphatic hydroxyl groups is 1. The van der Waals surface area contributed by atoms with E-state index in [0.29, 0.717) is 78.3 Å². The lowest BCUT2D eigenvalue weighted by molar-refractivity contribution is 0.157. The summed E-state index contributed by atoms with van der Waals surface area (Å²) in [5.41, 5.74) is 6.63. The normalized spacial score (nSPS) is 22.6. The zero-order valence-electron chi connectivity index (χ0n) is 36.2. The predicted octanol–water partition coefficient (Wildman–Crippen LogP) is 10.0. The second-order valence-electron chi connectivity index (χ2n) is 18.2. The molecule has 4 aliphatic rings. The lowest BCUT2D eigenvalue weighted by Crippen LogP contribution is -2.16. The van der Waals surface area contributed by atoms with Crippen LogP contribution in [0.15, 0.2) is 146 Å². The quantitative estimate of drug-likeness (QED) is 0.0750. The highest BCUT2D eigenvalue weighted by molar-refractivity contribution is 5.67. The third-order valence-electron chi connectivity index (χ3n) is 14.1. The van der Waals surface area contributed by atoms with E-state index in [2.05, 4.69) is 0 Å². The monoisotopic (exact) mass is 922 g/mol. The van der Waals surface area contributed by atoms with E-state index in [0.717, 1.165) is 0 Å². The molecule has 3 heterocycles. The van der Waals surface area contributed by atoms with Crippen molar-refractivity contribution in [3.63, 3.8) is 0 Å². The minimum atomic E-state index is -1.33. The molecule has 0 fully saturated rings. The highest BCUT2D eigenvalue weighted by Crippen LogP contribution is 2.63. The number of hydrogen-bond acceptors (Lipinski definition) is 13. The average molecular weight is 923 g/mol. The number of hydrogen-bond donors (Lipinski definition) is 10. The molecule has 8 aromatic carbocycles. The van der Waals surface area contributed by atoms with Crippen LogP contribution in [0.4, 0.5) is 0 Å². The van der Waals surface area contributed by atoms with Crippen LogP contribution in [-0.4, -0.2) is 51.1 Å². The SMILES string of the molecule is Oc1ccc([C@@H]2c3c(O)cc(O)cc3[C@H]3c4c(cc(O)cc4[C@@H]2O)O[C@H]3c2ccc3c(c2)[C@@H](c2cc(O)cc4c2[C@@H](c2cc(O)cc(O)c2)[C@H](c2ccc(O)cc2)O4)[C@H](c2ccc(O)cc2)O3)cc1. The summed E-state index contributed by atoms with van der Waals surface area (Å²) < 4.78 is 20.4. The van der Waals surface area contributed by atoms with Gasteiger partial charge in [0.05, 0.1) is 23.9 Å². The van der Waals surface area contributed by atoms with Crippen molar-refractivity contribution in [1.29, 1.82) is 0 Å². The second kappa shape index (κ2) is 15.4. The largest absolute Gasteiger partial charge is 0.508 e. The molecule has 344 valence electrons. The van der Waals surface area contributed by atoms with Crippen LogP contribution in [0.3, 0.4) is 0 Å². The molecular formula is C56H42O13. The van der Waals surface area contributed by atoms with Crippen molar-refractivity contribution < 1.29 is 65.3 Å². The molecule has 13 nitrogen and oxygen atoms in total. The fourth-order valence-corrected chi connectivity index (χ4v) is 11.3. The van der Waals surface area contributed by atoms with Crippen molar-refractivity contribution in [2.24, 2.45) is 0 Å². The molecule has 10 N–H and O–H groups in total. The van der Waals surface area contributed by atoms with Gasteiger partial charge in [-0.2, -0.15) is 0 Å². The summed E-state index contributed by atoms with van der Waals surface area (Å²) in [6.45, 7) is 0. The van der Waals surface area contributed by atoms with Gasteiger partial charge in [0, 0.05) is 52.4 Å². The number of phenols is 9. The number of ether oxygens (including phenoxy) is 3. The highest BCUT2D eigenvalue weighted by Gasteiger charge is 2.49. The fourth-order valence-electron chi connectivity index (χ4n) is 11.3. The van der Waals surface area contributed by atoms with Crippen LogP contribution < -0.4 is 14.2 Å². The first kappa shape index (κ1) is 41.7. The zero-order valence-corrected chi connectivity index (χ0v) is 36.2. The van der Waals surface area contributed by atoms with Crippen LogP contribution in [0.2, 0.25) is 0 Å². The molecule has 0 aromatic heterocycles. The van der Waals surface area contributed by atoms with Gasteiger partial charge in [-0.25, -0.2) is 0 Å². The molecule has 8 aromatic rings. The van der Waals surface area contributed by atoms with Crippen molar-refractivity contribution in [2.45, 2.75) is 48.1 Å². The number of benzene rings is 8. The number of fused-ring (bicyclic) bond motifs is 4. The van der Waals surface area contributed by atoms with E-state index in [1.54, 1.807) is 72.8 Å². The van der Waals surface area contributed by atoms with Crippen LogP contribution >= 0.6 is 0 Å². The Balaban J connectivity index is 1.06. The van der Waals surface area contributed by atoms with Gasteiger partial charge < -0.3 is 65.3 Å². The second-order valence-corrected chi connectivity index (χ2v) is 18.2. The molecule has 0 amide bonds. The molecule has 0 unspecified atom stereocenters.